The van der Waals surface area contributed by atoms with Crippen LogP contribution in [0.2, 0.25) is 0 Å². The Morgan fingerprint density at radius 2 is 1.80 bits per heavy atom. The van der Waals surface area contributed by atoms with E-state index in [0.717, 1.165) is 44.9 Å². The smallest absolute Gasteiger partial charge is 0.326 e. The maximum atomic E-state index is 12.8. The Kier molecular flexibility index (Phi) is 5.02. The number of amides is 1. The standard InChI is InChI=1S/C15H26N2O3/c1-10-6-5-9-17(13(10)15(19)20)14(18)11-7-3-2-4-8-12(11)16/h10-13H,2-9,16H2,1H3,(H,19,20). The molecule has 20 heavy (non-hydrogen) atoms. The van der Waals surface area contributed by atoms with E-state index in [1.807, 2.05) is 6.92 Å². The highest BCUT2D eigenvalue weighted by molar-refractivity contribution is 5.86. The molecule has 4 atom stereocenters. The highest BCUT2D eigenvalue weighted by atomic mass is 16.4. The fourth-order valence-electron chi connectivity index (χ4n) is 3.67. The molecule has 5 nitrogen and oxygen atoms in total. The van der Waals surface area contributed by atoms with Crippen LogP contribution in [0.3, 0.4) is 0 Å². The Morgan fingerprint density at radius 1 is 1.10 bits per heavy atom. The highest BCUT2D eigenvalue weighted by Gasteiger charge is 2.40. The number of likely N-dealkylation sites (tertiary alicyclic amines) is 1. The number of carbonyl (C=O) groups is 2. The van der Waals surface area contributed by atoms with Crippen LogP contribution in [-0.2, 0) is 9.59 Å². The number of carbonyl (C=O) groups excluding carboxylic acids is 1. The van der Waals surface area contributed by atoms with Crippen molar-refractivity contribution in [2.75, 3.05) is 6.54 Å². The van der Waals surface area contributed by atoms with Gasteiger partial charge in [-0.1, -0.05) is 26.2 Å². The molecule has 1 amide bonds. The number of carboxylic acids is 1. The Morgan fingerprint density at radius 3 is 2.50 bits per heavy atom. The van der Waals surface area contributed by atoms with Crippen molar-refractivity contribution in [2.45, 2.75) is 64.0 Å². The van der Waals surface area contributed by atoms with E-state index in [9.17, 15) is 14.7 Å². The van der Waals surface area contributed by atoms with Crippen molar-refractivity contribution in [3.63, 3.8) is 0 Å². The van der Waals surface area contributed by atoms with Crippen LogP contribution in [0, 0.1) is 11.8 Å². The summed E-state index contributed by atoms with van der Waals surface area (Å²) in [5.74, 6) is -1.08. The first-order valence-electron chi connectivity index (χ1n) is 7.81. The zero-order valence-electron chi connectivity index (χ0n) is 12.3. The first-order chi connectivity index (χ1) is 9.52. The molecule has 0 aromatic heterocycles. The average Bonchev–Trinajstić information content (AvgIpc) is 2.62. The predicted molar refractivity (Wildman–Crippen MR) is 76.1 cm³/mol. The molecule has 0 aromatic rings. The maximum absolute atomic E-state index is 12.8. The van der Waals surface area contributed by atoms with Gasteiger partial charge in [0.25, 0.3) is 0 Å². The Labute approximate surface area is 120 Å². The number of carboxylic acid groups (broad SMARTS) is 1. The molecule has 1 aliphatic carbocycles. The van der Waals surface area contributed by atoms with Crippen molar-refractivity contribution < 1.29 is 14.7 Å². The summed E-state index contributed by atoms with van der Waals surface area (Å²) in [6.07, 6.45) is 6.65. The zero-order valence-corrected chi connectivity index (χ0v) is 12.3. The third-order valence-corrected chi connectivity index (χ3v) is 4.86. The Bertz CT molecular complexity index is 372. The molecule has 0 bridgehead atoms. The van der Waals surface area contributed by atoms with Gasteiger partial charge in [-0.3, -0.25) is 4.79 Å². The average molecular weight is 282 g/mol. The summed E-state index contributed by atoms with van der Waals surface area (Å²) >= 11 is 0. The van der Waals surface area contributed by atoms with E-state index in [2.05, 4.69) is 0 Å². The molecule has 114 valence electrons. The number of rotatable bonds is 2. The van der Waals surface area contributed by atoms with Gasteiger partial charge in [0, 0.05) is 12.6 Å². The van der Waals surface area contributed by atoms with Crippen molar-refractivity contribution in [3.05, 3.63) is 0 Å². The number of piperidine rings is 1. The van der Waals surface area contributed by atoms with Crippen LogP contribution in [0.25, 0.3) is 0 Å². The fraction of sp³-hybridized carbons (Fsp3) is 0.867. The topological polar surface area (TPSA) is 83.6 Å². The van der Waals surface area contributed by atoms with Gasteiger partial charge in [-0.15, -0.1) is 0 Å². The van der Waals surface area contributed by atoms with Gasteiger partial charge in [0.2, 0.25) is 5.91 Å². The van der Waals surface area contributed by atoms with Gasteiger partial charge in [0.15, 0.2) is 0 Å². The SMILES string of the molecule is CC1CCCN(C(=O)C2CCCCCC2N)C1C(=O)O. The summed E-state index contributed by atoms with van der Waals surface area (Å²) in [6.45, 7) is 2.48. The molecule has 4 unspecified atom stereocenters. The normalized spacial score (nSPS) is 35.4. The second-order valence-corrected chi connectivity index (χ2v) is 6.34. The number of nitrogens with zero attached hydrogens (tertiary/aromatic N) is 1. The lowest BCUT2D eigenvalue weighted by molar-refractivity contribution is -0.157. The van der Waals surface area contributed by atoms with Crippen LogP contribution >= 0.6 is 0 Å². The Balaban J connectivity index is 2.14. The Hall–Kier alpha value is -1.10. The molecule has 0 aromatic carbocycles. The third-order valence-electron chi connectivity index (χ3n) is 4.86. The van der Waals surface area contributed by atoms with Gasteiger partial charge in [0.05, 0.1) is 5.92 Å². The van der Waals surface area contributed by atoms with Crippen molar-refractivity contribution >= 4 is 11.9 Å². The van der Waals surface area contributed by atoms with Crippen LogP contribution in [-0.4, -0.2) is 40.5 Å². The number of aliphatic carboxylic acids is 1. The summed E-state index contributed by atoms with van der Waals surface area (Å²) < 4.78 is 0. The van der Waals surface area contributed by atoms with Crippen LogP contribution in [0.4, 0.5) is 0 Å². The minimum Gasteiger partial charge on any atom is -0.480 e. The van der Waals surface area contributed by atoms with Gasteiger partial charge in [-0.25, -0.2) is 4.79 Å². The molecule has 5 heteroatoms. The van der Waals surface area contributed by atoms with Gasteiger partial charge in [0.1, 0.15) is 6.04 Å². The van der Waals surface area contributed by atoms with Gasteiger partial charge in [-0.05, 0) is 31.6 Å². The van der Waals surface area contributed by atoms with Crippen molar-refractivity contribution in [3.8, 4) is 0 Å². The molecular weight excluding hydrogens is 256 g/mol. The minimum atomic E-state index is -0.882. The van der Waals surface area contributed by atoms with Crippen molar-refractivity contribution in [1.29, 1.82) is 0 Å². The molecule has 2 fully saturated rings. The molecule has 3 N–H and O–H groups in total. The summed E-state index contributed by atoms with van der Waals surface area (Å²) in [5.41, 5.74) is 6.15. The quantitative estimate of drug-likeness (QED) is 0.754. The number of hydrogen-bond donors (Lipinski definition) is 2. The van der Waals surface area contributed by atoms with Crippen LogP contribution in [0.5, 0.6) is 0 Å². The fourth-order valence-corrected chi connectivity index (χ4v) is 3.67. The second kappa shape index (κ2) is 6.57. The molecular formula is C15H26N2O3. The predicted octanol–water partition coefficient (Wildman–Crippen LogP) is 1.61. The van der Waals surface area contributed by atoms with Crippen molar-refractivity contribution in [2.24, 2.45) is 17.6 Å². The van der Waals surface area contributed by atoms with E-state index >= 15 is 0 Å². The molecule has 2 rings (SSSR count). The maximum Gasteiger partial charge on any atom is 0.326 e. The van der Waals surface area contributed by atoms with E-state index in [-0.39, 0.29) is 23.8 Å². The summed E-state index contributed by atoms with van der Waals surface area (Å²) in [4.78, 5) is 25.8. The van der Waals surface area contributed by atoms with Gasteiger partial charge >= 0.3 is 5.97 Å². The lowest BCUT2D eigenvalue weighted by Gasteiger charge is -2.39. The largest absolute Gasteiger partial charge is 0.480 e. The monoisotopic (exact) mass is 282 g/mol. The summed E-state index contributed by atoms with van der Waals surface area (Å²) in [5, 5.41) is 9.42. The number of hydrogen-bond acceptors (Lipinski definition) is 3. The first-order valence-corrected chi connectivity index (χ1v) is 7.81. The third kappa shape index (κ3) is 3.14. The summed E-state index contributed by atoms with van der Waals surface area (Å²) in [7, 11) is 0. The molecule has 0 radical (unpaired) electrons. The van der Waals surface area contributed by atoms with Crippen molar-refractivity contribution in [1.82, 2.24) is 4.90 Å². The van der Waals surface area contributed by atoms with Crippen LogP contribution < -0.4 is 5.73 Å². The van der Waals surface area contributed by atoms with Gasteiger partial charge < -0.3 is 15.7 Å². The minimum absolute atomic E-state index is 0.0206. The second-order valence-electron chi connectivity index (χ2n) is 6.34. The lowest BCUT2D eigenvalue weighted by atomic mass is 9.87. The van der Waals surface area contributed by atoms with E-state index in [1.54, 1.807) is 4.90 Å². The molecule has 1 saturated carbocycles. The molecule has 1 heterocycles. The van der Waals surface area contributed by atoms with E-state index < -0.39 is 12.0 Å². The van der Waals surface area contributed by atoms with Gasteiger partial charge in [-0.2, -0.15) is 0 Å². The molecule has 1 aliphatic heterocycles. The van der Waals surface area contributed by atoms with Crippen LogP contribution in [0.1, 0.15) is 51.9 Å². The lowest BCUT2D eigenvalue weighted by Crippen LogP contribution is -2.55. The molecule has 0 spiro atoms. The highest BCUT2D eigenvalue weighted by Crippen LogP contribution is 2.29. The zero-order chi connectivity index (χ0) is 14.7. The van der Waals surface area contributed by atoms with E-state index in [1.165, 1.54) is 0 Å². The molecule has 2 aliphatic rings. The molecule has 1 saturated heterocycles. The van der Waals surface area contributed by atoms with E-state index in [4.69, 9.17) is 5.73 Å². The van der Waals surface area contributed by atoms with E-state index in [0.29, 0.717) is 6.54 Å². The van der Waals surface area contributed by atoms with Crippen LogP contribution in [0.15, 0.2) is 0 Å². The summed E-state index contributed by atoms with van der Waals surface area (Å²) in [6, 6.07) is -0.789. The first kappa shape index (κ1) is 15.3. The number of nitrogens with two attached hydrogens (primary N) is 1.